The number of nitrogens with two attached hydrogens (primary N) is 1. The van der Waals surface area contributed by atoms with E-state index >= 15 is 0 Å². The number of aliphatic hydroxyl groups is 1. The van der Waals surface area contributed by atoms with Crippen molar-refractivity contribution in [1.29, 1.82) is 0 Å². The number of hydrogen-bond donors (Lipinski definition) is 2. The average molecular weight is 226 g/mol. The highest BCUT2D eigenvalue weighted by atomic mass is 19.4. The Morgan fingerprint density at radius 3 is 2.60 bits per heavy atom. The Hall–Kier alpha value is -0.330. The molecule has 0 aromatic heterocycles. The standard InChI is InChI=1S/C9H17F3N2O/c10-9(11,12)7(4-13)5-14-3-1-2-8(14)6-15/h7-8,15H,1-6,13H2. The third kappa shape index (κ3) is 3.32. The molecule has 15 heavy (non-hydrogen) atoms. The van der Waals surface area contributed by atoms with Crippen LogP contribution in [0.25, 0.3) is 0 Å². The minimum Gasteiger partial charge on any atom is -0.395 e. The van der Waals surface area contributed by atoms with Gasteiger partial charge in [0.1, 0.15) is 0 Å². The van der Waals surface area contributed by atoms with Gasteiger partial charge in [0, 0.05) is 19.1 Å². The smallest absolute Gasteiger partial charge is 0.394 e. The van der Waals surface area contributed by atoms with Crippen molar-refractivity contribution in [2.24, 2.45) is 11.7 Å². The minimum atomic E-state index is -4.24. The molecule has 0 spiro atoms. The largest absolute Gasteiger partial charge is 0.395 e. The lowest BCUT2D eigenvalue weighted by Crippen LogP contribution is -2.43. The topological polar surface area (TPSA) is 49.5 Å². The van der Waals surface area contributed by atoms with Crippen LogP contribution in [-0.4, -0.2) is 48.5 Å². The Morgan fingerprint density at radius 1 is 1.47 bits per heavy atom. The number of nitrogens with zero attached hydrogens (tertiary/aromatic N) is 1. The molecule has 0 saturated carbocycles. The van der Waals surface area contributed by atoms with Crippen molar-refractivity contribution in [1.82, 2.24) is 4.90 Å². The molecule has 0 bridgehead atoms. The molecular formula is C9H17F3N2O. The highest BCUT2D eigenvalue weighted by Gasteiger charge is 2.41. The molecule has 2 unspecified atom stereocenters. The second kappa shape index (κ2) is 5.14. The second-order valence-corrected chi connectivity index (χ2v) is 3.95. The molecule has 1 aliphatic heterocycles. The fourth-order valence-electron chi connectivity index (χ4n) is 1.94. The highest BCUT2D eigenvalue weighted by Crippen LogP contribution is 2.28. The van der Waals surface area contributed by atoms with Crippen LogP contribution >= 0.6 is 0 Å². The van der Waals surface area contributed by atoms with Gasteiger partial charge < -0.3 is 10.8 Å². The molecule has 0 amide bonds. The lowest BCUT2D eigenvalue weighted by Gasteiger charge is -2.28. The van der Waals surface area contributed by atoms with Crippen LogP contribution in [0.4, 0.5) is 13.2 Å². The Bertz CT molecular complexity index is 198. The molecule has 0 radical (unpaired) electrons. The van der Waals surface area contributed by atoms with Gasteiger partial charge in [0.25, 0.3) is 0 Å². The first-order valence-electron chi connectivity index (χ1n) is 5.10. The highest BCUT2D eigenvalue weighted by molar-refractivity contribution is 4.82. The zero-order chi connectivity index (χ0) is 11.5. The summed E-state index contributed by atoms with van der Waals surface area (Å²) in [5.41, 5.74) is 5.11. The van der Waals surface area contributed by atoms with Gasteiger partial charge in [0.2, 0.25) is 0 Å². The van der Waals surface area contributed by atoms with Crippen LogP contribution in [0.15, 0.2) is 0 Å². The Kier molecular flexibility index (Phi) is 4.36. The van der Waals surface area contributed by atoms with Gasteiger partial charge >= 0.3 is 6.18 Å². The summed E-state index contributed by atoms with van der Waals surface area (Å²) in [7, 11) is 0. The molecule has 3 N–H and O–H groups in total. The number of hydrogen-bond acceptors (Lipinski definition) is 3. The number of aliphatic hydroxyl groups excluding tert-OH is 1. The van der Waals surface area contributed by atoms with E-state index in [1.54, 1.807) is 4.90 Å². The molecule has 0 aromatic rings. The van der Waals surface area contributed by atoms with Gasteiger partial charge in [0.15, 0.2) is 0 Å². The summed E-state index contributed by atoms with van der Waals surface area (Å²) in [6.45, 7) is 0.0658. The van der Waals surface area contributed by atoms with Gasteiger partial charge in [-0.25, -0.2) is 0 Å². The Balaban J connectivity index is 2.51. The van der Waals surface area contributed by atoms with Gasteiger partial charge in [-0.3, -0.25) is 4.90 Å². The van der Waals surface area contributed by atoms with Crippen LogP contribution in [0.1, 0.15) is 12.8 Å². The normalized spacial score (nSPS) is 25.8. The van der Waals surface area contributed by atoms with Gasteiger partial charge in [-0.15, -0.1) is 0 Å². The SMILES string of the molecule is NCC(CN1CCCC1CO)C(F)(F)F. The Labute approximate surface area is 87.0 Å². The first kappa shape index (κ1) is 12.7. The van der Waals surface area contributed by atoms with E-state index in [0.717, 1.165) is 12.8 Å². The fourth-order valence-corrected chi connectivity index (χ4v) is 1.94. The summed E-state index contributed by atoms with van der Waals surface area (Å²) in [4.78, 5) is 1.69. The first-order valence-corrected chi connectivity index (χ1v) is 5.10. The number of rotatable bonds is 4. The summed E-state index contributed by atoms with van der Waals surface area (Å²) < 4.78 is 37.3. The third-order valence-electron chi connectivity index (χ3n) is 2.91. The maximum Gasteiger partial charge on any atom is 0.394 e. The van der Waals surface area contributed by atoms with Crippen molar-refractivity contribution in [2.75, 3.05) is 26.2 Å². The van der Waals surface area contributed by atoms with Crippen LogP contribution < -0.4 is 5.73 Å². The maximum absolute atomic E-state index is 12.4. The summed E-state index contributed by atoms with van der Waals surface area (Å²) >= 11 is 0. The van der Waals surface area contributed by atoms with Crippen molar-refractivity contribution in [3.8, 4) is 0 Å². The molecule has 1 fully saturated rings. The predicted molar refractivity (Wildman–Crippen MR) is 50.3 cm³/mol. The summed E-state index contributed by atoms with van der Waals surface area (Å²) in [6.07, 6.45) is -2.62. The lowest BCUT2D eigenvalue weighted by molar-refractivity contribution is -0.177. The minimum absolute atomic E-state index is 0.0743. The van der Waals surface area contributed by atoms with Gasteiger partial charge in [0.05, 0.1) is 12.5 Å². The molecule has 1 saturated heterocycles. The quantitative estimate of drug-likeness (QED) is 0.737. The van der Waals surface area contributed by atoms with E-state index in [-0.39, 0.29) is 19.2 Å². The maximum atomic E-state index is 12.4. The van der Waals surface area contributed by atoms with Crippen LogP contribution in [-0.2, 0) is 0 Å². The lowest BCUT2D eigenvalue weighted by atomic mass is 10.1. The monoisotopic (exact) mass is 226 g/mol. The van der Waals surface area contributed by atoms with Crippen LogP contribution in [0.2, 0.25) is 0 Å². The number of alkyl halides is 3. The van der Waals surface area contributed by atoms with Gasteiger partial charge in [-0.2, -0.15) is 13.2 Å². The average Bonchev–Trinajstić information content (AvgIpc) is 2.59. The summed E-state index contributed by atoms with van der Waals surface area (Å²) in [5.74, 6) is -1.48. The van der Waals surface area contributed by atoms with Crippen molar-refractivity contribution < 1.29 is 18.3 Å². The van der Waals surface area contributed by atoms with Crippen molar-refractivity contribution in [2.45, 2.75) is 25.1 Å². The molecule has 1 heterocycles. The van der Waals surface area contributed by atoms with E-state index in [4.69, 9.17) is 10.8 Å². The second-order valence-electron chi connectivity index (χ2n) is 3.95. The van der Waals surface area contributed by atoms with E-state index in [2.05, 4.69) is 0 Å². The zero-order valence-electron chi connectivity index (χ0n) is 8.50. The van der Waals surface area contributed by atoms with Gasteiger partial charge in [-0.1, -0.05) is 0 Å². The zero-order valence-corrected chi connectivity index (χ0v) is 8.50. The molecule has 0 aromatic carbocycles. The van der Waals surface area contributed by atoms with Crippen LogP contribution in [0.5, 0.6) is 0 Å². The van der Waals surface area contributed by atoms with E-state index in [1.165, 1.54) is 0 Å². The molecule has 3 nitrogen and oxygen atoms in total. The molecule has 2 atom stereocenters. The van der Waals surface area contributed by atoms with E-state index in [0.29, 0.717) is 6.54 Å². The fraction of sp³-hybridized carbons (Fsp3) is 1.00. The van der Waals surface area contributed by atoms with Gasteiger partial charge in [-0.05, 0) is 19.4 Å². The summed E-state index contributed by atoms with van der Waals surface area (Å²) in [6, 6.07) is -0.124. The summed E-state index contributed by atoms with van der Waals surface area (Å²) in [5, 5.41) is 8.97. The van der Waals surface area contributed by atoms with Crippen LogP contribution in [0.3, 0.4) is 0 Å². The first-order chi connectivity index (χ1) is 6.99. The molecule has 1 rings (SSSR count). The number of likely N-dealkylation sites (tertiary alicyclic amines) is 1. The van der Waals surface area contributed by atoms with Crippen molar-refractivity contribution in [3.63, 3.8) is 0 Å². The van der Waals surface area contributed by atoms with Crippen LogP contribution in [0, 0.1) is 5.92 Å². The molecule has 1 aliphatic rings. The van der Waals surface area contributed by atoms with E-state index in [9.17, 15) is 13.2 Å². The van der Waals surface area contributed by atoms with E-state index < -0.39 is 18.6 Å². The molecule has 6 heteroatoms. The molecular weight excluding hydrogens is 209 g/mol. The third-order valence-corrected chi connectivity index (χ3v) is 2.91. The number of halogens is 3. The molecule has 0 aliphatic carbocycles. The van der Waals surface area contributed by atoms with Crippen molar-refractivity contribution >= 4 is 0 Å². The molecule has 90 valence electrons. The van der Waals surface area contributed by atoms with E-state index in [1.807, 2.05) is 0 Å². The van der Waals surface area contributed by atoms with Crippen molar-refractivity contribution in [3.05, 3.63) is 0 Å². The predicted octanol–water partition coefficient (Wildman–Crippen LogP) is 0.580. The Morgan fingerprint density at radius 2 is 2.13 bits per heavy atom.